The quantitative estimate of drug-likeness (QED) is 0.584. The lowest BCUT2D eigenvalue weighted by Crippen LogP contribution is -2.19. The summed E-state index contributed by atoms with van der Waals surface area (Å²) in [6, 6.07) is 8.23. The molecule has 1 rings (SSSR count). The third-order valence-electron chi connectivity index (χ3n) is 2.43. The van der Waals surface area contributed by atoms with Gasteiger partial charge in [-0.2, -0.15) is 4.40 Å². The first-order valence-electron chi connectivity index (χ1n) is 6.09. The maximum Gasteiger partial charge on any atom is 0.144 e. The number of benzene rings is 1. The molecule has 0 saturated carbocycles. The second-order valence-electron chi connectivity index (χ2n) is 5.13. The molecule has 1 aromatic carbocycles. The van der Waals surface area contributed by atoms with Crippen LogP contribution >= 0.6 is 15.9 Å². The van der Waals surface area contributed by atoms with E-state index in [-0.39, 0.29) is 4.75 Å². The summed E-state index contributed by atoms with van der Waals surface area (Å²) in [4.78, 5) is 0. The number of halogens is 1. The van der Waals surface area contributed by atoms with Gasteiger partial charge in [-0.1, -0.05) is 34.1 Å². The van der Waals surface area contributed by atoms with E-state index >= 15 is 0 Å². The van der Waals surface area contributed by atoms with Crippen LogP contribution in [0, 0.1) is 0 Å². The average Bonchev–Trinajstić information content (AvgIpc) is 2.29. The number of rotatable bonds is 5. The third-order valence-corrected chi connectivity index (χ3v) is 4.59. The van der Waals surface area contributed by atoms with Gasteiger partial charge in [-0.05, 0) is 51.7 Å². The van der Waals surface area contributed by atoms with Crippen molar-refractivity contribution in [3.8, 4) is 0 Å². The first-order chi connectivity index (χ1) is 8.41. The van der Waals surface area contributed by atoms with Crippen LogP contribution in [0.25, 0.3) is 0 Å². The van der Waals surface area contributed by atoms with Crippen molar-refractivity contribution in [1.82, 2.24) is 0 Å². The summed E-state index contributed by atoms with van der Waals surface area (Å²) < 4.78 is 16.6. The van der Waals surface area contributed by atoms with E-state index in [0.29, 0.717) is 0 Å². The van der Waals surface area contributed by atoms with Crippen molar-refractivity contribution in [3.05, 3.63) is 34.3 Å². The summed E-state index contributed by atoms with van der Waals surface area (Å²) in [5, 5.41) is 0. The summed E-state index contributed by atoms with van der Waals surface area (Å²) in [6.45, 7) is 5.80. The molecule has 0 radical (unpaired) electrons. The minimum atomic E-state index is -1.13. The van der Waals surface area contributed by atoms with Gasteiger partial charge in [-0.25, -0.2) is 4.21 Å². The van der Waals surface area contributed by atoms with Crippen molar-refractivity contribution < 1.29 is 4.21 Å². The predicted octanol–water partition coefficient (Wildman–Crippen LogP) is 4.30. The van der Waals surface area contributed by atoms with Crippen molar-refractivity contribution in [1.29, 1.82) is 0 Å². The standard InChI is InChI=1S/C14H20BrNOS/c1-14(2,3)18(17)16-11-7-6-9-12-8-4-5-10-13(12)15/h4-5,8,10-11H,6-7,9H2,1-3H3/b16-11+/t18-/m0/s1. The minimum Gasteiger partial charge on any atom is -0.234 e. The molecule has 0 heterocycles. The maximum atomic E-state index is 11.7. The fourth-order valence-electron chi connectivity index (χ4n) is 1.36. The van der Waals surface area contributed by atoms with Gasteiger partial charge < -0.3 is 0 Å². The average molecular weight is 330 g/mol. The number of nitrogens with zero attached hydrogens (tertiary/aromatic N) is 1. The molecule has 0 N–H and O–H groups in total. The van der Waals surface area contributed by atoms with E-state index < -0.39 is 11.0 Å². The Labute approximate surface area is 121 Å². The number of aryl methyl sites for hydroxylation is 1. The van der Waals surface area contributed by atoms with Gasteiger partial charge in [0.25, 0.3) is 0 Å². The van der Waals surface area contributed by atoms with Gasteiger partial charge in [0.15, 0.2) is 0 Å². The van der Waals surface area contributed by atoms with Crippen LogP contribution in [0.2, 0.25) is 0 Å². The van der Waals surface area contributed by atoms with Crippen LogP contribution in [-0.4, -0.2) is 15.2 Å². The monoisotopic (exact) mass is 329 g/mol. The molecule has 4 heteroatoms. The predicted molar refractivity (Wildman–Crippen MR) is 83.5 cm³/mol. The SMILES string of the molecule is CC(C)(C)[S@](=O)/N=C/CCCc1ccccc1Br. The minimum absolute atomic E-state index is 0.265. The molecule has 2 nitrogen and oxygen atoms in total. The highest BCUT2D eigenvalue weighted by molar-refractivity contribution is 9.10. The second-order valence-corrected chi connectivity index (χ2v) is 7.92. The number of hydrogen-bond donors (Lipinski definition) is 0. The molecule has 0 saturated heterocycles. The first kappa shape index (κ1) is 15.6. The summed E-state index contributed by atoms with van der Waals surface area (Å²) in [5.74, 6) is 0. The molecule has 0 aliphatic rings. The van der Waals surface area contributed by atoms with Gasteiger partial charge in [0.1, 0.15) is 11.0 Å². The molecule has 0 amide bonds. The fourth-order valence-corrected chi connectivity index (χ4v) is 2.40. The fraction of sp³-hybridized carbons (Fsp3) is 0.500. The van der Waals surface area contributed by atoms with Crippen LogP contribution in [0.4, 0.5) is 0 Å². The van der Waals surface area contributed by atoms with E-state index in [1.807, 2.05) is 32.9 Å². The highest BCUT2D eigenvalue weighted by Gasteiger charge is 2.17. The Hall–Kier alpha value is -0.480. The third kappa shape index (κ3) is 5.44. The van der Waals surface area contributed by atoms with E-state index in [1.54, 1.807) is 6.21 Å². The van der Waals surface area contributed by atoms with Crippen molar-refractivity contribution >= 4 is 33.1 Å². The van der Waals surface area contributed by atoms with Crippen LogP contribution < -0.4 is 0 Å². The Bertz CT molecular complexity index is 438. The van der Waals surface area contributed by atoms with Crippen molar-refractivity contribution in [2.24, 2.45) is 4.40 Å². The Kier molecular flexibility index (Phi) is 6.22. The molecule has 0 fully saturated rings. The van der Waals surface area contributed by atoms with Crippen molar-refractivity contribution in [2.45, 2.75) is 44.8 Å². The summed E-state index contributed by atoms with van der Waals surface area (Å²) in [7, 11) is -1.13. The van der Waals surface area contributed by atoms with E-state index in [4.69, 9.17) is 0 Å². The van der Waals surface area contributed by atoms with Gasteiger partial charge in [0, 0.05) is 10.7 Å². The van der Waals surface area contributed by atoms with Crippen molar-refractivity contribution in [3.63, 3.8) is 0 Å². The van der Waals surface area contributed by atoms with Crippen LogP contribution in [-0.2, 0) is 17.4 Å². The normalized spacial score (nSPS) is 14.0. The molecule has 0 aromatic heterocycles. The van der Waals surface area contributed by atoms with Crippen LogP contribution in [0.5, 0.6) is 0 Å². The molecular weight excluding hydrogens is 310 g/mol. The Morgan fingerprint density at radius 3 is 2.61 bits per heavy atom. The smallest absolute Gasteiger partial charge is 0.144 e. The highest BCUT2D eigenvalue weighted by atomic mass is 79.9. The summed E-state index contributed by atoms with van der Waals surface area (Å²) in [6.07, 6.45) is 4.68. The zero-order chi connectivity index (χ0) is 13.6. The zero-order valence-electron chi connectivity index (χ0n) is 11.1. The highest BCUT2D eigenvalue weighted by Crippen LogP contribution is 2.17. The lowest BCUT2D eigenvalue weighted by atomic mass is 10.1. The molecule has 0 bridgehead atoms. The summed E-state index contributed by atoms with van der Waals surface area (Å²) >= 11 is 3.53. The van der Waals surface area contributed by atoms with Crippen LogP contribution in [0.1, 0.15) is 39.2 Å². The Balaban J connectivity index is 2.34. The molecule has 1 atom stereocenters. The first-order valence-corrected chi connectivity index (χ1v) is 7.99. The Morgan fingerprint density at radius 1 is 1.33 bits per heavy atom. The summed E-state index contributed by atoms with van der Waals surface area (Å²) in [5.41, 5.74) is 1.31. The van der Waals surface area contributed by atoms with E-state index in [1.165, 1.54) is 5.56 Å². The molecule has 0 unspecified atom stereocenters. The van der Waals surface area contributed by atoms with Crippen LogP contribution in [0.15, 0.2) is 33.1 Å². The molecule has 100 valence electrons. The molecule has 0 spiro atoms. The van der Waals surface area contributed by atoms with Gasteiger partial charge in [-0.3, -0.25) is 0 Å². The van der Waals surface area contributed by atoms with Crippen LogP contribution in [0.3, 0.4) is 0 Å². The maximum absolute atomic E-state index is 11.7. The van der Waals surface area contributed by atoms with E-state index in [2.05, 4.69) is 32.5 Å². The topological polar surface area (TPSA) is 29.4 Å². The van der Waals surface area contributed by atoms with E-state index in [9.17, 15) is 4.21 Å². The molecule has 0 aliphatic heterocycles. The molecule has 1 aromatic rings. The lowest BCUT2D eigenvalue weighted by Gasteiger charge is -2.12. The van der Waals surface area contributed by atoms with E-state index in [0.717, 1.165) is 23.7 Å². The number of hydrogen-bond acceptors (Lipinski definition) is 1. The lowest BCUT2D eigenvalue weighted by molar-refractivity contribution is 0.650. The van der Waals surface area contributed by atoms with Gasteiger partial charge in [0.2, 0.25) is 0 Å². The molecule has 0 aliphatic carbocycles. The Morgan fingerprint density at radius 2 is 2.00 bits per heavy atom. The van der Waals surface area contributed by atoms with Crippen molar-refractivity contribution in [2.75, 3.05) is 0 Å². The molecule has 18 heavy (non-hydrogen) atoms. The van der Waals surface area contributed by atoms with Gasteiger partial charge in [-0.15, -0.1) is 0 Å². The van der Waals surface area contributed by atoms with Gasteiger partial charge in [0.05, 0.1) is 4.75 Å². The number of unbranched alkanes of at least 4 members (excludes halogenated alkanes) is 1. The van der Waals surface area contributed by atoms with Gasteiger partial charge >= 0.3 is 0 Å². The zero-order valence-corrected chi connectivity index (χ0v) is 13.6. The largest absolute Gasteiger partial charge is 0.234 e. The second kappa shape index (κ2) is 7.19. The molecular formula is C14H20BrNOS.